The van der Waals surface area contributed by atoms with Gasteiger partial charge >= 0.3 is 0 Å². The molecule has 5 heteroatoms. The van der Waals surface area contributed by atoms with Crippen LogP contribution in [-0.4, -0.2) is 19.9 Å². The zero-order valence-electron chi connectivity index (χ0n) is 11.4. The Morgan fingerprint density at radius 2 is 1.89 bits per heavy atom. The van der Waals surface area contributed by atoms with Crippen LogP contribution < -0.4 is 5.73 Å². The maximum absolute atomic E-state index is 5.93. The molecule has 3 N–H and O–H groups in total. The highest BCUT2D eigenvalue weighted by Gasteiger charge is 2.12. The number of nitrogens with one attached hydrogen (secondary N) is 1. The Morgan fingerprint density at radius 1 is 1.16 bits per heavy atom. The van der Waals surface area contributed by atoms with Crippen molar-refractivity contribution in [1.29, 1.82) is 0 Å². The van der Waals surface area contributed by atoms with Crippen molar-refractivity contribution in [2.75, 3.05) is 5.73 Å². The summed E-state index contributed by atoms with van der Waals surface area (Å²) in [5.74, 6) is 1.75. The molecule has 0 atom stereocenters. The summed E-state index contributed by atoms with van der Waals surface area (Å²) in [4.78, 5) is 16.6. The van der Waals surface area contributed by atoms with Gasteiger partial charge in [-0.05, 0) is 31.4 Å². The SMILES string of the molecule is Cc1nc2c(N)nc3ccc(CC(C)C)[nH]c3c2n1. The van der Waals surface area contributed by atoms with E-state index < -0.39 is 0 Å². The molecule has 19 heavy (non-hydrogen) atoms. The molecule has 3 heterocycles. The van der Waals surface area contributed by atoms with Gasteiger partial charge in [0.2, 0.25) is 0 Å². The molecule has 0 spiro atoms. The van der Waals surface area contributed by atoms with Gasteiger partial charge in [-0.3, -0.25) is 0 Å². The van der Waals surface area contributed by atoms with Gasteiger partial charge in [0.05, 0.1) is 11.0 Å². The van der Waals surface area contributed by atoms with Gasteiger partial charge in [0.1, 0.15) is 16.9 Å². The molecule has 0 unspecified atom stereocenters. The molecule has 3 aromatic heterocycles. The quantitative estimate of drug-likeness (QED) is 0.737. The van der Waals surface area contributed by atoms with Gasteiger partial charge in [-0.25, -0.2) is 15.0 Å². The lowest BCUT2D eigenvalue weighted by molar-refractivity contribution is 0.637. The van der Waals surface area contributed by atoms with E-state index in [0.717, 1.165) is 28.8 Å². The maximum Gasteiger partial charge on any atom is 0.152 e. The number of pyridine rings is 2. The summed E-state index contributed by atoms with van der Waals surface area (Å²) in [5.41, 5.74) is 10.3. The number of hydrogen-bond acceptors (Lipinski definition) is 4. The molecular weight excluding hydrogens is 238 g/mol. The first-order chi connectivity index (χ1) is 9.04. The van der Waals surface area contributed by atoms with Crippen molar-refractivity contribution in [3.63, 3.8) is 0 Å². The zero-order chi connectivity index (χ0) is 13.6. The molecule has 0 aliphatic carbocycles. The van der Waals surface area contributed by atoms with E-state index in [-0.39, 0.29) is 0 Å². The van der Waals surface area contributed by atoms with Crippen LogP contribution >= 0.6 is 0 Å². The number of aromatic nitrogens is 4. The number of anilines is 1. The number of hydrogen-bond donors (Lipinski definition) is 2. The Morgan fingerprint density at radius 3 is 2.63 bits per heavy atom. The van der Waals surface area contributed by atoms with E-state index >= 15 is 0 Å². The number of aromatic amines is 1. The lowest BCUT2D eigenvalue weighted by Gasteiger charge is -2.08. The van der Waals surface area contributed by atoms with Crippen LogP contribution in [0, 0.1) is 12.8 Å². The van der Waals surface area contributed by atoms with Crippen LogP contribution in [-0.2, 0) is 6.42 Å². The van der Waals surface area contributed by atoms with Crippen molar-refractivity contribution < 1.29 is 0 Å². The normalized spacial score (nSPS) is 11.8. The first-order valence-electron chi connectivity index (χ1n) is 6.46. The minimum Gasteiger partial charge on any atom is -0.382 e. The third-order valence-corrected chi connectivity index (χ3v) is 3.10. The number of nitrogen functional groups attached to an aromatic ring is 1. The summed E-state index contributed by atoms with van der Waals surface area (Å²) in [5, 5.41) is 0. The Kier molecular flexibility index (Phi) is 2.62. The molecule has 5 nitrogen and oxygen atoms in total. The monoisotopic (exact) mass is 255 g/mol. The van der Waals surface area contributed by atoms with Crippen LogP contribution in [0.5, 0.6) is 0 Å². The fourth-order valence-corrected chi connectivity index (χ4v) is 2.35. The first-order valence-corrected chi connectivity index (χ1v) is 6.46. The van der Waals surface area contributed by atoms with Gasteiger partial charge in [-0.2, -0.15) is 0 Å². The fourth-order valence-electron chi connectivity index (χ4n) is 2.35. The van der Waals surface area contributed by atoms with Crippen molar-refractivity contribution in [3.8, 4) is 0 Å². The van der Waals surface area contributed by atoms with Crippen molar-refractivity contribution in [1.82, 2.24) is 19.9 Å². The summed E-state index contributed by atoms with van der Waals surface area (Å²) in [6.07, 6.45) is 0.995. The molecular formula is C14H17N5. The summed E-state index contributed by atoms with van der Waals surface area (Å²) in [6.45, 7) is 6.26. The molecule has 3 rings (SSSR count). The molecule has 0 aromatic carbocycles. The Balaban J connectivity index is 2.30. The molecule has 3 aromatic rings. The van der Waals surface area contributed by atoms with Gasteiger partial charge in [0.25, 0.3) is 0 Å². The van der Waals surface area contributed by atoms with E-state index in [4.69, 9.17) is 5.73 Å². The predicted molar refractivity (Wildman–Crippen MR) is 76.9 cm³/mol. The number of imidazole rings is 1. The second kappa shape index (κ2) is 4.19. The average Bonchev–Trinajstić information content (AvgIpc) is 2.72. The topological polar surface area (TPSA) is 80.5 Å². The molecule has 0 fully saturated rings. The first kappa shape index (κ1) is 11.9. The van der Waals surface area contributed by atoms with Crippen LogP contribution in [0.2, 0.25) is 0 Å². The summed E-state index contributed by atoms with van der Waals surface area (Å²) < 4.78 is 0. The molecule has 0 aliphatic heterocycles. The minimum absolute atomic E-state index is 0.438. The lowest BCUT2D eigenvalue weighted by Crippen LogP contribution is -1.99. The molecule has 0 amide bonds. The lowest BCUT2D eigenvalue weighted by atomic mass is 10.1. The van der Waals surface area contributed by atoms with Gasteiger partial charge in [0, 0.05) is 5.69 Å². The third-order valence-electron chi connectivity index (χ3n) is 3.10. The highest BCUT2D eigenvalue weighted by Crippen LogP contribution is 2.25. The van der Waals surface area contributed by atoms with E-state index in [2.05, 4.69) is 39.8 Å². The van der Waals surface area contributed by atoms with Crippen LogP contribution in [0.15, 0.2) is 12.1 Å². The fraction of sp³-hybridized carbons (Fsp3) is 0.357. The van der Waals surface area contributed by atoms with E-state index in [1.165, 1.54) is 5.69 Å². The van der Waals surface area contributed by atoms with Crippen molar-refractivity contribution >= 4 is 27.9 Å². The Bertz CT molecular complexity index is 757. The molecule has 0 bridgehead atoms. The van der Waals surface area contributed by atoms with Gasteiger partial charge < -0.3 is 10.7 Å². The van der Waals surface area contributed by atoms with Crippen LogP contribution in [0.25, 0.3) is 22.1 Å². The summed E-state index contributed by atoms with van der Waals surface area (Å²) >= 11 is 0. The van der Waals surface area contributed by atoms with Gasteiger partial charge in [-0.1, -0.05) is 13.8 Å². The predicted octanol–water partition coefficient (Wildman–Crippen LogP) is 2.60. The second-order valence-corrected chi connectivity index (χ2v) is 5.31. The van der Waals surface area contributed by atoms with Crippen molar-refractivity contribution in [3.05, 3.63) is 23.7 Å². The van der Waals surface area contributed by atoms with E-state index in [1.54, 1.807) is 0 Å². The summed E-state index contributed by atoms with van der Waals surface area (Å²) in [6, 6.07) is 4.05. The number of nitrogens with zero attached hydrogens (tertiary/aromatic N) is 3. The Labute approximate surface area is 111 Å². The minimum atomic E-state index is 0.438. The van der Waals surface area contributed by atoms with E-state index in [0.29, 0.717) is 17.3 Å². The molecule has 0 saturated heterocycles. The Hall–Kier alpha value is -2.17. The van der Waals surface area contributed by atoms with Gasteiger partial charge in [0.15, 0.2) is 5.82 Å². The average molecular weight is 255 g/mol. The van der Waals surface area contributed by atoms with Crippen LogP contribution in [0.4, 0.5) is 5.82 Å². The van der Waals surface area contributed by atoms with E-state index in [9.17, 15) is 0 Å². The van der Waals surface area contributed by atoms with Crippen molar-refractivity contribution in [2.45, 2.75) is 27.2 Å². The molecule has 98 valence electrons. The maximum atomic E-state index is 5.93. The van der Waals surface area contributed by atoms with E-state index in [1.807, 2.05) is 13.0 Å². The van der Waals surface area contributed by atoms with Crippen molar-refractivity contribution in [2.24, 2.45) is 5.92 Å². The van der Waals surface area contributed by atoms with Crippen LogP contribution in [0.1, 0.15) is 25.4 Å². The largest absolute Gasteiger partial charge is 0.382 e. The third kappa shape index (κ3) is 2.01. The number of fused-ring (bicyclic) bond motifs is 3. The molecule has 0 saturated carbocycles. The summed E-state index contributed by atoms with van der Waals surface area (Å²) in [7, 11) is 0. The smallest absolute Gasteiger partial charge is 0.152 e. The second-order valence-electron chi connectivity index (χ2n) is 5.31. The number of nitrogens with two attached hydrogens (primary N) is 1. The highest BCUT2D eigenvalue weighted by atomic mass is 15.0. The standard InChI is InChI=1S/C14H17N5/c1-7(2)6-9-4-5-10-11(18-9)12-13(14(15)19-10)17-8(3)16-12/h4-5,7,18H,6H2,1-3H3,(H2,15,19). The number of H-pyrrole nitrogens is 1. The van der Waals surface area contributed by atoms with Gasteiger partial charge in [-0.15, -0.1) is 0 Å². The zero-order valence-corrected chi connectivity index (χ0v) is 11.4. The molecule has 0 aliphatic rings. The number of rotatable bonds is 2. The van der Waals surface area contributed by atoms with Crippen LogP contribution in [0.3, 0.4) is 0 Å². The molecule has 0 radical (unpaired) electrons. The highest BCUT2D eigenvalue weighted by molar-refractivity contribution is 6.03. The number of aryl methyl sites for hydroxylation is 1.